The second kappa shape index (κ2) is 9.21. The van der Waals surface area contributed by atoms with Gasteiger partial charge in [0.2, 0.25) is 0 Å². The zero-order chi connectivity index (χ0) is 18.5. The summed E-state index contributed by atoms with van der Waals surface area (Å²) in [6.07, 6.45) is 2.93. The fourth-order valence-corrected chi connectivity index (χ4v) is 2.64. The van der Waals surface area contributed by atoms with Gasteiger partial charge in [0.25, 0.3) is 0 Å². The molecule has 6 heteroatoms. The Kier molecular flexibility index (Phi) is 6.99. The smallest absolute Gasteiger partial charge is 0.155 e. The van der Waals surface area contributed by atoms with Crippen LogP contribution >= 0.6 is 0 Å². The summed E-state index contributed by atoms with van der Waals surface area (Å²) in [4.78, 5) is 19.0. The van der Waals surface area contributed by atoms with Crippen molar-refractivity contribution in [3.05, 3.63) is 83.6 Å². The number of carbonyl (C=O) groups is 1. The van der Waals surface area contributed by atoms with Crippen LogP contribution in [0.25, 0.3) is 16.1 Å². The van der Waals surface area contributed by atoms with E-state index in [9.17, 15) is 4.79 Å². The van der Waals surface area contributed by atoms with Gasteiger partial charge in [-0.25, -0.2) is 0 Å². The van der Waals surface area contributed by atoms with E-state index in [2.05, 4.69) is 27.4 Å². The third-order valence-corrected chi connectivity index (χ3v) is 3.62. The number of ketones is 1. The Morgan fingerprint density at radius 3 is 2.37 bits per heavy atom. The normalized spacial score (nSPS) is 12.1. The molecule has 0 atom stereocenters. The molecule has 2 aromatic carbocycles. The molecule has 0 saturated carbocycles. The van der Waals surface area contributed by atoms with E-state index in [0.717, 1.165) is 22.5 Å². The number of nitrogens with zero attached hydrogens (tertiary/aromatic N) is 3. The maximum atomic E-state index is 10.0. The van der Waals surface area contributed by atoms with Crippen LogP contribution in [-0.4, -0.2) is 21.7 Å². The number of carbonyl (C=O) groups excluding carboxylic acids is 1. The van der Waals surface area contributed by atoms with Crippen molar-refractivity contribution in [3.63, 3.8) is 0 Å². The van der Waals surface area contributed by atoms with Crippen LogP contribution in [0, 0.1) is 0 Å². The van der Waals surface area contributed by atoms with Gasteiger partial charge in [-0.05, 0) is 54.0 Å². The quantitative estimate of drug-likeness (QED) is 0.354. The molecule has 1 N–H and O–H groups in total. The van der Waals surface area contributed by atoms with Crippen LogP contribution in [0.5, 0.6) is 0 Å². The van der Waals surface area contributed by atoms with Crippen LogP contribution in [0.2, 0.25) is 0 Å². The molecule has 0 aliphatic carbocycles. The minimum atomic E-state index is -0.125. The molecule has 5 nitrogen and oxygen atoms in total. The second-order valence-corrected chi connectivity index (χ2v) is 5.81. The predicted octanol–water partition coefficient (Wildman–Crippen LogP) is 5.37. The zero-order valence-corrected chi connectivity index (χ0v) is 17.3. The largest absolute Gasteiger partial charge is 0.512 e. The molecule has 139 valence electrons. The fraction of sp³-hybridized carbons (Fsp3) is 0.0952. The summed E-state index contributed by atoms with van der Waals surface area (Å²) in [5, 5.41) is 15.3. The average Bonchev–Trinajstić information content (AvgIpc) is 2.62. The third kappa shape index (κ3) is 5.09. The molecule has 1 radical (unpaired) electrons. The maximum absolute atomic E-state index is 10.0. The fourth-order valence-electron chi connectivity index (χ4n) is 2.64. The van der Waals surface area contributed by atoms with E-state index < -0.39 is 0 Å². The minimum absolute atomic E-state index is 0. The average molecular weight is 537 g/mol. The van der Waals surface area contributed by atoms with Gasteiger partial charge >= 0.3 is 0 Å². The Bertz CT molecular complexity index is 1010. The molecular weight excluding hydrogens is 518 g/mol. The van der Waals surface area contributed by atoms with Gasteiger partial charge in [-0.3, -0.25) is 9.78 Å². The molecule has 0 spiro atoms. The molecule has 27 heavy (non-hydrogen) atoms. The molecule has 1 aromatic heterocycles. The van der Waals surface area contributed by atoms with Gasteiger partial charge < -0.3 is 15.4 Å². The SMILES string of the molecule is CC(=O)/C=C(/C)O.[Ir].c1ccc(C2=Nc3cccc4cccc(c34)[N-]2)nc1. The number of aliphatic hydroxyl groups is 1. The minimum Gasteiger partial charge on any atom is -0.512 e. The number of pyridine rings is 1. The van der Waals surface area contributed by atoms with Crippen molar-refractivity contribution in [2.75, 3.05) is 0 Å². The van der Waals surface area contributed by atoms with E-state index in [-0.39, 0.29) is 31.6 Å². The summed E-state index contributed by atoms with van der Waals surface area (Å²) in [6, 6.07) is 18.0. The first-order valence-electron chi connectivity index (χ1n) is 8.16. The molecular formula is C21H18IrN3O2-. The van der Waals surface area contributed by atoms with Crippen LogP contribution in [-0.2, 0) is 24.9 Å². The zero-order valence-electron chi connectivity index (χ0n) is 14.9. The molecule has 1 aliphatic heterocycles. The van der Waals surface area contributed by atoms with Gasteiger partial charge in [-0.2, -0.15) is 0 Å². The molecule has 0 amide bonds. The second-order valence-electron chi connectivity index (χ2n) is 5.81. The third-order valence-electron chi connectivity index (χ3n) is 3.62. The Hall–Kier alpha value is -2.82. The summed E-state index contributed by atoms with van der Waals surface area (Å²) in [7, 11) is 0. The number of hydrogen-bond acceptors (Lipinski definition) is 4. The molecule has 0 unspecified atom stereocenters. The van der Waals surface area contributed by atoms with Gasteiger partial charge in [0.05, 0.1) is 11.5 Å². The van der Waals surface area contributed by atoms with E-state index in [4.69, 9.17) is 5.11 Å². The number of benzene rings is 2. The van der Waals surface area contributed by atoms with Crippen LogP contribution < -0.4 is 0 Å². The van der Waals surface area contributed by atoms with Crippen LogP contribution in [0.3, 0.4) is 0 Å². The number of allylic oxidation sites excluding steroid dienone is 2. The van der Waals surface area contributed by atoms with Crippen molar-refractivity contribution in [2.45, 2.75) is 13.8 Å². The van der Waals surface area contributed by atoms with Gasteiger partial charge in [0.1, 0.15) is 0 Å². The Morgan fingerprint density at radius 1 is 1.04 bits per heavy atom. The molecule has 0 fully saturated rings. The number of aliphatic hydroxyl groups excluding tert-OH is 1. The van der Waals surface area contributed by atoms with Crippen LogP contribution in [0.15, 0.2) is 77.6 Å². The standard InChI is InChI=1S/C16H10N3.C5H8O2.Ir/c1-2-10-17-14(7-1)16-18-12-8-3-5-11-6-4-9-13(19-16)15(11)12;1-4(6)3-5(2)7;/h1-10H;3,6H,1-2H3;/q-1;;/b;4-3-;. The first-order valence-corrected chi connectivity index (χ1v) is 8.16. The van der Waals surface area contributed by atoms with Crippen molar-refractivity contribution in [1.29, 1.82) is 0 Å². The molecule has 1 aliphatic rings. The molecule has 2 heterocycles. The van der Waals surface area contributed by atoms with Gasteiger partial charge in [-0.1, -0.05) is 42.5 Å². The summed E-state index contributed by atoms with van der Waals surface area (Å²) in [5.74, 6) is 0.610. The van der Waals surface area contributed by atoms with E-state index in [1.54, 1.807) is 6.20 Å². The number of rotatable bonds is 2. The predicted molar refractivity (Wildman–Crippen MR) is 104 cm³/mol. The number of amidine groups is 1. The molecule has 3 aromatic rings. The molecule has 4 rings (SSSR count). The summed E-state index contributed by atoms with van der Waals surface area (Å²) >= 11 is 0. The van der Waals surface area contributed by atoms with Crippen molar-refractivity contribution < 1.29 is 30.0 Å². The molecule has 0 saturated heterocycles. The molecule has 0 bridgehead atoms. The van der Waals surface area contributed by atoms with Crippen molar-refractivity contribution in [1.82, 2.24) is 4.98 Å². The van der Waals surface area contributed by atoms with E-state index in [1.165, 1.54) is 25.3 Å². The number of hydrogen-bond donors (Lipinski definition) is 1. The monoisotopic (exact) mass is 537 g/mol. The van der Waals surface area contributed by atoms with E-state index in [0.29, 0.717) is 5.84 Å². The van der Waals surface area contributed by atoms with E-state index in [1.807, 2.05) is 42.5 Å². The van der Waals surface area contributed by atoms with Crippen molar-refractivity contribution in [2.24, 2.45) is 4.99 Å². The Balaban J connectivity index is 0.000000285. The summed E-state index contributed by atoms with van der Waals surface area (Å²) in [6.45, 7) is 2.85. The Labute approximate surface area is 171 Å². The topological polar surface area (TPSA) is 76.7 Å². The van der Waals surface area contributed by atoms with Gasteiger partial charge in [-0.15, -0.1) is 0 Å². The van der Waals surface area contributed by atoms with Gasteiger partial charge in [0.15, 0.2) is 5.78 Å². The Morgan fingerprint density at radius 2 is 1.78 bits per heavy atom. The van der Waals surface area contributed by atoms with Crippen LogP contribution in [0.1, 0.15) is 19.5 Å². The first-order chi connectivity index (χ1) is 12.5. The maximum Gasteiger partial charge on any atom is 0.155 e. The van der Waals surface area contributed by atoms with Crippen molar-refractivity contribution >= 4 is 33.8 Å². The number of aromatic nitrogens is 1. The summed E-state index contributed by atoms with van der Waals surface area (Å²) in [5.41, 5.74) is 2.72. The number of aliphatic imine (C=N–C) groups is 1. The summed E-state index contributed by atoms with van der Waals surface area (Å²) < 4.78 is 0. The first kappa shape index (κ1) is 20.5. The van der Waals surface area contributed by atoms with E-state index >= 15 is 0 Å². The van der Waals surface area contributed by atoms with Crippen molar-refractivity contribution in [3.8, 4) is 0 Å². The van der Waals surface area contributed by atoms with Crippen LogP contribution in [0.4, 0.5) is 11.4 Å². The van der Waals surface area contributed by atoms with Gasteiger partial charge in [0, 0.05) is 32.4 Å².